The van der Waals surface area contributed by atoms with Gasteiger partial charge in [-0.1, -0.05) is 13.3 Å². The largest absolute Gasteiger partial charge is 0.370 e. The topological polar surface area (TPSA) is 50.4 Å². The molecule has 9 heavy (non-hydrogen) atoms. The molecule has 0 amide bonds. The van der Waals surface area contributed by atoms with Gasteiger partial charge in [0.15, 0.2) is 5.96 Å². The molecule has 0 fully saturated rings. The van der Waals surface area contributed by atoms with E-state index in [0.29, 0.717) is 5.96 Å². The van der Waals surface area contributed by atoms with Gasteiger partial charge in [-0.05, 0) is 6.42 Å². The Kier molecular flexibility index (Phi) is 4.97. The molecule has 0 bridgehead atoms. The maximum atomic E-state index is 5.35. The lowest BCUT2D eigenvalue weighted by Crippen LogP contribution is -2.31. The molecule has 0 rings (SSSR count). The van der Waals surface area contributed by atoms with Crippen molar-refractivity contribution >= 4 is 5.96 Å². The van der Waals surface area contributed by atoms with Crippen LogP contribution in [0.15, 0.2) is 4.99 Å². The van der Waals surface area contributed by atoms with Crippen molar-refractivity contribution in [3.05, 3.63) is 0 Å². The van der Waals surface area contributed by atoms with Gasteiger partial charge in [-0.3, -0.25) is 4.99 Å². The molecule has 56 valence electrons. The fraction of sp³-hybridized carbons (Fsp3) is 0.833. The number of rotatable bonds is 3. The van der Waals surface area contributed by atoms with E-state index in [1.165, 1.54) is 6.42 Å². The summed E-state index contributed by atoms with van der Waals surface area (Å²) in [6.07, 6.45) is 2.33. The van der Waals surface area contributed by atoms with Crippen molar-refractivity contribution in [2.45, 2.75) is 19.8 Å². The summed E-state index contributed by atoms with van der Waals surface area (Å²) in [5.74, 6) is 0.531. The summed E-state index contributed by atoms with van der Waals surface area (Å²) in [5, 5.41) is 2.96. The first-order chi connectivity index (χ1) is 4.31. The molecule has 0 aliphatic heterocycles. The summed E-state index contributed by atoms with van der Waals surface area (Å²) in [5.41, 5.74) is 5.35. The molecule has 0 heterocycles. The smallest absolute Gasteiger partial charge is 0.188 e. The third-order valence-electron chi connectivity index (χ3n) is 1.08. The summed E-state index contributed by atoms with van der Waals surface area (Å²) < 4.78 is 0. The molecule has 0 aliphatic rings. The monoisotopic (exact) mass is 131 g/mol. The minimum Gasteiger partial charge on any atom is -0.370 e. The lowest BCUT2D eigenvalue weighted by Gasteiger charge is -2.01. The predicted octanol–water partition coefficient (Wildman–Crippen LogP) is 0.567. The molecule has 0 spiro atoms. The van der Waals surface area contributed by atoms with Crippen molar-refractivity contribution < 1.29 is 1.43 Å². The highest BCUT2D eigenvalue weighted by Gasteiger charge is 1.84. The summed E-state index contributed by atoms with van der Waals surface area (Å²) in [6, 6.07) is 0. The second-order valence-corrected chi connectivity index (χ2v) is 1.89. The van der Waals surface area contributed by atoms with E-state index in [1.807, 2.05) is 0 Å². The Morgan fingerprint density at radius 1 is 1.78 bits per heavy atom. The standard InChI is InChI=1S/C6H15N3.H2/c1-3-4-5-9-6(7)8-2;/h3-5H2,1-2H3,(H3,7,8,9);1H. The maximum absolute atomic E-state index is 5.35. The van der Waals surface area contributed by atoms with Crippen LogP contribution < -0.4 is 11.1 Å². The number of hydrogen-bond acceptors (Lipinski definition) is 1. The first-order valence-corrected chi connectivity index (χ1v) is 3.27. The summed E-state index contributed by atoms with van der Waals surface area (Å²) in [7, 11) is 1.67. The highest BCUT2D eigenvalue weighted by atomic mass is 15.1. The van der Waals surface area contributed by atoms with Crippen molar-refractivity contribution in [1.82, 2.24) is 5.32 Å². The van der Waals surface area contributed by atoms with Crippen LogP contribution in [-0.2, 0) is 0 Å². The number of hydrogen-bond donors (Lipinski definition) is 2. The molecular formula is C6H17N3. The number of nitrogens with two attached hydrogens (primary N) is 1. The molecule has 0 unspecified atom stereocenters. The Balaban J connectivity index is 0. The average molecular weight is 131 g/mol. The van der Waals surface area contributed by atoms with E-state index in [1.54, 1.807) is 7.05 Å². The third-order valence-corrected chi connectivity index (χ3v) is 1.08. The van der Waals surface area contributed by atoms with Gasteiger partial charge in [0.25, 0.3) is 0 Å². The van der Waals surface area contributed by atoms with E-state index in [4.69, 9.17) is 5.73 Å². The zero-order valence-corrected chi connectivity index (χ0v) is 6.15. The van der Waals surface area contributed by atoms with Gasteiger partial charge in [0, 0.05) is 15.0 Å². The van der Waals surface area contributed by atoms with Crippen LogP contribution in [0.1, 0.15) is 21.2 Å². The van der Waals surface area contributed by atoms with Gasteiger partial charge < -0.3 is 11.1 Å². The van der Waals surface area contributed by atoms with E-state index in [9.17, 15) is 0 Å². The van der Waals surface area contributed by atoms with Crippen molar-refractivity contribution in [2.75, 3.05) is 13.6 Å². The lowest BCUT2D eigenvalue weighted by molar-refractivity contribution is 0.750. The van der Waals surface area contributed by atoms with E-state index in [2.05, 4.69) is 17.2 Å². The number of nitrogens with zero attached hydrogens (tertiary/aromatic N) is 1. The first-order valence-electron chi connectivity index (χ1n) is 3.27. The van der Waals surface area contributed by atoms with Gasteiger partial charge in [-0.15, -0.1) is 0 Å². The molecule has 0 aromatic rings. The molecule has 0 aliphatic carbocycles. The van der Waals surface area contributed by atoms with Crippen molar-refractivity contribution in [1.29, 1.82) is 0 Å². The number of nitrogens with one attached hydrogen (secondary N) is 1. The minimum atomic E-state index is 0. The Morgan fingerprint density at radius 2 is 2.44 bits per heavy atom. The second-order valence-electron chi connectivity index (χ2n) is 1.89. The van der Waals surface area contributed by atoms with Crippen molar-refractivity contribution in [3.8, 4) is 0 Å². The summed E-state index contributed by atoms with van der Waals surface area (Å²) in [4.78, 5) is 3.74. The Hall–Kier alpha value is -0.730. The first kappa shape index (κ1) is 8.27. The average Bonchev–Trinajstić information content (AvgIpc) is 1.89. The van der Waals surface area contributed by atoms with E-state index in [0.717, 1.165) is 13.0 Å². The molecule has 3 nitrogen and oxygen atoms in total. The van der Waals surface area contributed by atoms with E-state index < -0.39 is 0 Å². The zero-order chi connectivity index (χ0) is 7.11. The van der Waals surface area contributed by atoms with Gasteiger partial charge in [-0.2, -0.15) is 0 Å². The quantitative estimate of drug-likeness (QED) is 0.334. The van der Waals surface area contributed by atoms with Crippen LogP contribution >= 0.6 is 0 Å². The summed E-state index contributed by atoms with van der Waals surface area (Å²) >= 11 is 0. The highest BCUT2D eigenvalue weighted by molar-refractivity contribution is 5.77. The van der Waals surface area contributed by atoms with Crippen LogP contribution in [0.3, 0.4) is 0 Å². The van der Waals surface area contributed by atoms with Gasteiger partial charge in [0.2, 0.25) is 0 Å². The van der Waals surface area contributed by atoms with Gasteiger partial charge in [-0.25, -0.2) is 0 Å². The second kappa shape index (κ2) is 5.41. The Labute approximate surface area is 57.8 Å². The molecule has 0 saturated carbocycles. The summed E-state index contributed by atoms with van der Waals surface area (Å²) in [6.45, 7) is 3.07. The molecule has 0 aromatic heterocycles. The van der Waals surface area contributed by atoms with Gasteiger partial charge >= 0.3 is 0 Å². The lowest BCUT2D eigenvalue weighted by atomic mass is 10.3. The van der Waals surface area contributed by atoms with Crippen LogP contribution in [0.4, 0.5) is 0 Å². The van der Waals surface area contributed by atoms with Gasteiger partial charge in [0.05, 0.1) is 0 Å². The molecule has 0 saturated heterocycles. The third kappa shape index (κ3) is 5.14. The number of unbranched alkanes of at least 4 members (excludes halogenated alkanes) is 1. The minimum absolute atomic E-state index is 0. The molecule has 0 atom stereocenters. The number of aliphatic imine (C=N–C) groups is 1. The van der Waals surface area contributed by atoms with Crippen LogP contribution in [0, 0.1) is 0 Å². The fourth-order valence-electron chi connectivity index (χ4n) is 0.472. The molecular weight excluding hydrogens is 114 g/mol. The predicted molar refractivity (Wildman–Crippen MR) is 42.6 cm³/mol. The van der Waals surface area contributed by atoms with Crippen LogP contribution in [0.2, 0.25) is 0 Å². The van der Waals surface area contributed by atoms with Crippen LogP contribution in [0.5, 0.6) is 0 Å². The molecule has 0 aromatic carbocycles. The highest BCUT2D eigenvalue weighted by Crippen LogP contribution is 1.80. The van der Waals surface area contributed by atoms with E-state index in [-0.39, 0.29) is 1.43 Å². The maximum Gasteiger partial charge on any atom is 0.188 e. The molecule has 3 N–H and O–H groups in total. The van der Waals surface area contributed by atoms with Crippen LogP contribution in [0.25, 0.3) is 0 Å². The van der Waals surface area contributed by atoms with Crippen molar-refractivity contribution in [2.24, 2.45) is 10.7 Å². The fourth-order valence-corrected chi connectivity index (χ4v) is 0.472. The SMILES string of the molecule is CCCCNC(N)=NC.[HH]. The Morgan fingerprint density at radius 3 is 2.89 bits per heavy atom. The molecule has 0 radical (unpaired) electrons. The normalized spacial score (nSPS) is 11.6. The Bertz CT molecular complexity index is 93.0. The molecule has 3 heteroatoms. The zero-order valence-electron chi connectivity index (χ0n) is 6.15. The van der Waals surface area contributed by atoms with E-state index >= 15 is 0 Å². The van der Waals surface area contributed by atoms with Crippen molar-refractivity contribution in [3.63, 3.8) is 0 Å². The van der Waals surface area contributed by atoms with Gasteiger partial charge in [0.1, 0.15) is 0 Å². The van der Waals surface area contributed by atoms with Crippen LogP contribution in [-0.4, -0.2) is 19.6 Å². The number of guanidine groups is 1.